The molecule has 1 unspecified atom stereocenters. The lowest BCUT2D eigenvalue weighted by atomic mass is 9.77. The van der Waals surface area contributed by atoms with E-state index in [0.717, 1.165) is 9.90 Å². The number of hydrogen-bond acceptors (Lipinski definition) is 7. The van der Waals surface area contributed by atoms with E-state index in [9.17, 15) is 14.9 Å². The van der Waals surface area contributed by atoms with Gasteiger partial charge in [-0.05, 0) is 18.1 Å². The number of ether oxygens (including phenoxy) is 1. The molecule has 1 aromatic heterocycles. The van der Waals surface area contributed by atoms with Crippen LogP contribution in [0.25, 0.3) is 0 Å². The number of rotatable bonds is 4. The van der Waals surface area contributed by atoms with Gasteiger partial charge in [-0.1, -0.05) is 17.8 Å². The molecule has 1 aliphatic heterocycles. The number of thioether (sulfide) groups is 1. The lowest BCUT2D eigenvalue weighted by molar-refractivity contribution is 0.0690. The Kier molecular flexibility index (Phi) is 4.28. The summed E-state index contributed by atoms with van der Waals surface area (Å²) in [6.45, 7) is 0. The van der Waals surface area contributed by atoms with Gasteiger partial charge in [0.15, 0.2) is 0 Å². The van der Waals surface area contributed by atoms with Crippen LogP contribution in [0.4, 0.5) is 0 Å². The normalized spacial score (nSPS) is 16.8. The van der Waals surface area contributed by atoms with Crippen molar-refractivity contribution in [1.82, 2.24) is 4.98 Å². The molecule has 0 bridgehead atoms. The average molecular weight is 337 g/mol. The molecule has 0 saturated carbocycles. The summed E-state index contributed by atoms with van der Waals surface area (Å²) in [5.41, 5.74) is 0.675. The van der Waals surface area contributed by atoms with E-state index in [0.29, 0.717) is 6.42 Å². The molecule has 114 valence electrons. The van der Waals surface area contributed by atoms with Crippen LogP contribution in [0, 0.1) is 0 Å². The number of carboxylic acids is 1. The molecule has 0 aliphatic carbocycles. The highest BCUT2D eigenvalue weighted by molar-refractivity contribution is 8.02. The number of thiazole rings is 1. The van der Waals surface area contributed by atoms with Crippen LogP contribution in [0.3, 0.4) is 0 Å². The third kappa shape index (κ3) is 2.79. The Labute approximate surface area is 135 Å². The van der Waals surface area contributed by atoms with Gasteiger partial charge < -0.3 is 19.5 Å². The van der Waals surface area contributed by atoms with Gasteiger partial charge in [0.25, 0.3) is 0 Å². The minimum Gasteiger partial charge on any atom is -0.534 e. The van der Waals surface area contributed by atoms with E-state index in [2.05, 4.69) is 4.98 Å². The Morgan fingerprint density at radius 2 is 2.41 bits per heavy atom. The second-order valence-corrected chi connectivity index (χ2v) is 6.98. The van der Waals surface area contributed by atoms with Crippen LogP contribution in [0.2, 0.25) is 0 Å². The Morgan fingerprint density at radius 3 is 3.05 bits per heavy atom. The number of carboxylic acid groups (broad SMARTS) is 1. The van der Waals surface area contributed by atoms with Crippen molar-refractivity contribution in [2.75, 3.05) is 7.11 Å². The first-order valence-electron chi connectivity index (χ1n) is 6.44. The lowest BCUT2D eigenvalue weighted by Crippen LogP contribution is -2.40. The predicted octanol–water partition coefficient (Wildman–Crippen LogP) is 1.97. The fraction of sp³-hybridized carbons (Fsp3) is 0.231. The maximum absolute atomic E-state index is 11.4. The van der Waals surface area contributed by atoms with Gasteiger partial charge in [0.2, 0.25) is 0 Å². The second-order valence-electron chi connectivity index (χ2n) is 4.60. The highest BCUT2D eigenvalue weighted by Crippen LogP contribution is 2.40. The van der Waals surface area contributed by atoms with E-state index in [1.807, 2.05) is 5.38 Å². The molecule has 3 rings (SSSR count). The topological polar surface area (TPSA) is 88.9 Å². The molecule has 1 atom stereocenters. The first kappa shape index (κ1) is 15.2. The summed E-state index contributed by atoms with van der Waals surface area (Å²) >= 11 is 2.91. The maximum Gasteiger partial charge on any atom is 0.537 e. The quantitative estimate of drug-likeness (QED) is 0.825. The van der Waals surface area contributed by atoms with E-state index in [4.69, 9.17) is 9.39 Å². The van der Waals surface area contributed by atoms with Gasteiger partial charge in [-0.15, -0.1) is 11.3 Å². The lowest BCUT2D eigenvalue weighted by Gasteiger charge is -2.28. The number of hydrogen-bond donors (Lipinski definition) is 2. The van der Waals surface area contributed by atoms with Crippen LogP contribution in [-0.2, 0) is 6.42 Å². The van der Waals surface area contributed by atoms with Crippen molar-refractivity contribution in [2.24, 2.45) is 0 Å². The van der Waals surface area contributed by atoms with E-state index < -0.39 is 13.1 Å². The van der Waals surface area contributed by atoms with Crippen LogP contribution in [0.5, 0.6) is 11.5 Å². The summed E-state index contributed by atoms with van der Waals surface area (Å²) in [6, 6.07) is 3.37. The largest absolute Gasteiger partial charge is 0.537 e. The van der Waals surface area contributed by atoms with Crippen molar-refractivity contribution in [3.63, 3.8) is 0 Å². The van der Waals surface area contributed by atoms with Gasteiger partial charge >= 0.3 is 13.1 Å². The van der Waals surface area contributed by atoms with Crippen molar-refractivity contribution in [3.05, 3.63) is 34.8 Å². The molecule has 0 spiro atoms. The molecule has 0 fully saturated rings. The van der Waals surface area contributed by atoms with Gasteiger partial charge in [-0.25, -0.2) is 9.78 Å². The SMILES string of the molecule is COc1ccc2c(c1C(=O)O)OB(O)C(Sc1nccs1)C2. The Morgan fingerprint density at radius 1 is 1.59 bits per heavy atom. The Balaban J connectivity index is 1.93. The molecular formula is C13H12BNO5S2. The van der Waals surface area contributed by atoms with Crippen LogP contribution in [0.1, 0.15) is 15.9 Å². The fourth-order valence-electron chi connectivity index (χ4n) is 2.29. The van der Waals surface area contributed by atoms with Gasteiger partial charge in [0.05, 0.1) is 12.3 Å². The molecule has 1 aromatic carbocycles. The minimum atomic E-state index is -1.15. The number of fused-ring (bicyclic) bond motifs is 1. The third-order valence-electron chi connectivity index (χ3n) is 3.27. The van der Waals surface area contributed by atoms with Gasteiger partial charge in [0.1, 0.15) is 21.4 Å². The monoisotopic (exact) mass is 337 g/mol. The average Bonchev–Trinajstić information content (AvgIpc) is 2.99. The first-order chi connectivity index (χ1) is 10.6. The second kappa shape index (κ2) is 6.19. The van der Waals surface area contributed by atoms with Gasteiger partial charge in [-0.3, -0.25) is 0 Å². The molecule has 22 heavy (non-hydrogen) atoms. The van der Waals surface area contributed by atoms with Crippen molar-refractivity contribution in [3.8, 4) is 11.5 Å². The number of aromatic nitrogens is 1. The van der Waals surface area contributed by atoms with Gasteiger partial charge in [-0.2, -0.15) is 0 Å². The molecule has 9 heteroatoms. The van der Waals surface area contributed by atoms with Crippen LogP contribution >= 0.6 is 23.1 Å². The fourth-order valence-corrected chi connectivity index (χ4v) is 4.22. The number of nitrogens with zero attached hydrogens (tertiary/aromatic N) is 1. The van der Waals surface area contributed by atoms with Crippen LogP contribution < -0.4 is 9.39 Å². The van der Waals surface area contributed by atoms with Crippen molar-refractivity contribution < 1.29 is 24.3 Å². The van der Waals surface area contributed by atoms with Crippen LogP contribution in [-0.4, -0.2) is 40.5 Å². The zero-order valence-electron chi connectivity index (χ0n) is 11.6. The molecular weight excluding hydrogens is 325 g/mol. The summed E-state index contributed by atoms with van der Waals surface area (Å²) in [6.07, 6.45) is 2.19. The molecule has 6 nitrogen and oxygen atoms in total. The summed E-state index contributed by atoms with van der Waals surface area (Å²) < 4.78 is 11.4. The van der Waals surface area contributed by atoms with Crippen molar-refractivity contribution in [2.45, 2.75) is 15.9 Å². The minimum absolute atomic E-state index is 0.0586. The number of methoxy groups -OCH3 is 1. The van der Waals surface area contributed by atoms with E-state index in [1.165, 1.54) is 30.2 Å². The highest BCUT2D eigenvalue weighted by Gasteiger charge is 2.38. The molecule has 0 saturated heterocycles. The van der Waals surface area contributed by atoms with Crippen molar-refractivity contribution in [1.29, 1.82) is 0 Å². The summed E-state index contributed by atoms with van der Waals surface area (Å²) in [5.74, 6) is -0.758. The molecule has 2 heterocycles. The Hall–Kier alpha value is -1.71. The zero-order valence-corrected chi connectivity index (χ0v) is 13.2. The first-order valence-corrected chi connectivity index (χ1v) is 8.20. The van der Waals surface area contributed by atoms with Crippen LogP contribution in [0.15, 0.2) is 28.0 Å². The molecule has 0 amide bonds. The summed E-state index contributed by atoms with van der Waals surface area (Å²) in [4.78, 5) is 15.6. The smallest absolute Gasteiger partial charge is 0.534 e. The van der Waals surface area contributed by atoms with E-state index in [1.54, 1.807) is 18.3 Å². The number of carbonyl (C=O) groups is 1. The summed E-state index contributed by atoms with van der Waals surface area (Å²) in [7, 11) is 0.292. The van der Waals surface area contributed by atoms with Gasteiger partial charge in [0, 0.05) is 11.6 Å². The predicted molar refractivity (Wildman–Crippen MR) is 84.0 cm³/mol. The molecule has 2 N–H and O–H groups in total. The molecule has 2 aromatic rings. The summed E-state index contributed by atoms with van der Waals surface area (Å²) in [5, 5.41) is 21.2. The number of aromatic carboxylic acids is 1. The van der Waals surface area contributed by atoms with Crippen molar-refractivity contribution >= 4 is 36.2 Å². The third-order valence-corrected chi connectivity index (χ3v) is 5.43. The maximum atomic E-state index is 11.4. The highest BCUT2D eigenvalue weighted by atomic mass is 32.2. The van der Waals surface area contributed by atoms with E-state index >= 15 is 0 Å². The molecule has 0 radical (unpaired) electrons. The zero-order chi connectivity index (χ0) is 15.7. The number of benzene rings is 1. The molecule has 1 aliphatic rings. The Bertz CT molecular complexity index is 694. The van der Waals surface area contributed by atoms with E-state index in [-0.39, 0.29) is 22.2 Å². The standard InChI is InChI=1S/C13H12BNO5S2/c1-19-8-3-2-7-6-9(22-13-15-4-5-21-13)14(18)20-11(7)10(8)12(16)17/h2-5,9,18H,6H2,1H3,(H,16,17).